The van der Waals surface area contributed by atoms with Gasteiger partial charge in [-0.1, -0.05) is 44.9 Å². The highest BCUT2D eigenvalue weighted by Crippen LogP contribution is 2.16. The Labute approximate surface area is 113 Å². The van der Waals surface area contributed by atoms with Crippen molar-refractivity contribution in [3.63, 3.8) is 0 Å². The molecule has 0 aromatic carbocycles. The Hall–Kier alpha value is -0.120. The van der Waals surface area contributed by atoms with E-state index in [4.69, 9.17) is 4.74 Å². The molecule has 0 amide bonds. The molecule has 2 N–H and O–H groups in total. The van der Waals surface area contributed by atoms with Crippen molar-refractivity contribution < 1.29 is 14.9 Å². The molecule has 0 rings (SSSR count). The predicted octanol–water partition coefficient (Wildman–Crippen LogP) is 3.28. The van der Waals surface area contributed by atoms with Crippen LogP contribution >= 0.6 is 0 Å². The summed E-state index contributed by atoms with van der Waals surface area (Å²) in [5, 5.41) is 19.2. The van der Waals surface area contributed by atoms with Gasteiger partial charge in [-0.25, -0.2) is 0 Å². The number of rotatable bonds is 12. The first-order chi connectivity index (χ1) is 8.48. The topological polar surface area (TPSA) is 49.7 Å². The molecule has 0 aliphatic heterocycles. The second-order valence-electron chi connectivity index (χ2n) is 5.78. The summed E-state index contributed by atoms with van der Waals surface area (Å²) in [6.45, 7) is 4.21. The molecule has 0 aliphatic rings. The van der Waals surface area contributed by atoms with Crippen molar-refractivity contribution in [3.8, 4) is 0 Å². The number of ether oxygens (including phenoxy) is 1. The van der Waals surface area contributed by atoms with Crippen LogP contribution in [0.2, 0.25) is 0 Å². The summed E-state index contributed by atoms with van der Waals surface area (Å²) < 4.78 is 5.01. The van der Waals surface area contributed by atoms with Crippen LogP contribution in [0.15, 0.2) is 0 Å². The van der Waals surface area contributed by atoms with Crippen molar-refractivity contribution in [2.75, 3.05) is 13.7 Å². The fourth-order valence-electron chi connectivity index (χ4n) is 2.00. The molecule has 0 aromatic heterocycles. The molecule has 0 aliphatic carbocycles. The van der Waals surface area contributed by atoms with Gasteiger partial charge in [0.2, 0.25) is 0 Å². The molecule has 3 nitrogen and oxygen atoms in total. The average Bonchev–Trinajstić information content (AvgIpc) is 2.30. The molecular weight excluding hydrogens is 228 g/mol. The van der Waals surface area contributed by atoms with Crippen LogP contribution in [0.5, 0.6) is 0 Å². The van der Waals surface area contributed by atoms with Crippen LogP contribution < -0.4 is 0 Å². The highest BCUT2D eigenvalue weighted by Gasteiger charge is 2.23. The van der Waals surface area contributed by atoms with Gasteiger partial charge in [0.05, 0.1) is 11.7 Å². The first-order valence-electron chi connectivity index (χ1n) is 7.38. The van der Waals surface area contributed by atoms with Crippen LogP contribution in [0.25, 0.3) is 0 Å². The lowest BCUT2D eigenvalue weighted by Gasteiger charge is -2.24. The zero-order valence-electron chi connectivity index (χ0n) is 12.5. The Bertz CT molecular complexity index is 175. The van der Waals surface area contributed by atoms with Crippen molar-refractivity contribution in [1.29, 1.82) is 0 Å². The van der Waals surface area contributed by atoms with E-state index in [9.17, 15) is 10.2 Å². The first-order valence-corrected chi connectivity index (χ1v) is 7.38. The van der Waals surface area contributed by atoms with Gasteiger partial charge in [-0.15, -0.1) is 0 Å². The number of unbranched alkanes of at least 4 members (excludes halogenated alkanes) is 7. The average molecular weight is 260 g/mol. The second kappa shape index (κ2) is 10.8. The fourth-order valence-corrected chi connectivity index (χ4v) is 2.00. The normalized spacial score (nSPS) is 13.8. The maximum Gasteiger partial charge on any atom is 0.0849 e. The van der Waals surface area contributed by atoms with E-state index < -0.39 is 11.7 Å². The Morgan fingerprint density at radius 3 is 1.78 bits per heavy atom. The SMILES string of the molecule is COCCCCCCCCCCC(O)C(C)(C)O. The van der Waals surface area contributed by atoms with E-state index in [1.54, 1.807) is 21.0 Å². The molecule has 1 unspecified atom stereocenters. The summed E-state index contributed by atoms with van der Waals surface area (Å²) in [7, 11) is 1.75. The van der Waals surface area contributed by atoms with Crippen molar-refractivity contribution in [3.05, 3.63) is 0 Å². The van der Waals surface area contributed by atoms with Gasteiger partial charge in [0.25, 0.3) is 0 Å². The number of hydrogen-bond acceptors (Lipinski definition) is 3. The minimum Gasteiger partial charge on any atom is -0.390 e. The Kier molecular flexibility index (Phi) is 10.7. The summed E-state index contributed by atoms with van der Waals surface area (Å²) >= 11 is 0. The van der Waals surface area contributed by atoms with Crippen LogP contribution in [-0.4, -0.2) is 35.6 Å². The van der Waals surface area contributed by atoms with Gasteiger partial charge in [0, 0.05) is 13.7 Å². The zero-order chi connectivity index (χ0) is 13.9. The molecule has 0 heterocycles. The summed E-state index contributed by atoms with van der Waals surface area (Å²) in [6, 6.07) is 0. The van der Waals surface area contributed by atoms with Gasteiger partial charge >= 0.3 is 0 Å². The van der Waals surface area contributed by atoms with E-state index in [1.165, 1.54) is 38.5 Å². The largest absolute Gasteiger partial charge is 0.390 e. The summed E-state index contributed by atoms with van der Waals surface area (Å²) in [6.07, 6.45) is 9.85. The van der Waals surface area contributed by atoms with Crippen molar-refractivity contribution >= 4 is 0 Å². The molecule has 110 valence electrons. The minimum absolute atomic E-state index is 0.591. The summed E-state index contributed by atoms with van der Waals surface area (Å²) in [5.74, 6) is 0. The number of hydrogen-bond donors (Lipinski definition) is 2. The van der Waals surface area contributed by atoms with Crippen LogP contribution in [-0.2, 0) is 4.74 Å². The van der Waals surface area contributed by atoms with Gasteiger partial charge in [0.1, 0.15) is 0 Å². The molecule has 0 saturated heterocycles. The van der Waals surface area contributed by atoms with Gasteiger partial charge < -0.3 is 14.9 Å². The van der Waals surface area contributed by atoms with Crippen molar-refractivity contribution in [2.45, 2.75) is 83.3 Å². The van der Waals surface area contributed by atoms with Crippen molar-refractivity contribution in [1.82, 2.24) is 0 Å². The molecule has 0 saturated carbocycles. The summed E-state index contributed by atoms with van der Waals surface area (Å²) in [5.41, 5.74) is -0.957. The fraction of sp³-hybridized carbons (Fsp3) is 1.00. The minimum atomic E-state index is -0.957. The highest BCUT2D eigenvalue weighted by molar-refractivity contribution is 4.75. The zero-order valence-corrected chi connectivity index (χ0v) is 12.5. The molecule has 0 radical (unpaired) electrons. The Balaban J connectivity index is 3.17. The second-order valence-corrected chi connectivity index (χ2v) is 5.78. The smallest absolute Gasteiger partial charge is 0.0849 e. The van der Waals surface area contributed by atoms with Crippen molar-refractivity contribution in [2.24, 2.45) is 0 Å². The first kappa shape index (κ1) is 17.9. The monoisotopic (exact) mass is 260 g/mol. The van der Waals surface area contributed by atoms with E-state index in [-0.39, 0.29) is 0 Å². The Morgan fingerprint density at radius 1 is 0.889 bits per heavy atom. The number of aliphatic hydroxyl groups excluding tert-OH is 1. The van der Waals surface area contributed by atoms with E-state index >= 15 is 0 Å². The van der Waals surface area contributed by atoms with Crippen LogP contribution in [0.4, 0.5) is 0 Å². The van der Waals surface area contributed by atoms with E-state index in [1.807, 2.05) is 0 Å². The maximum absolute atomic E-state index is 9.65. The van der Waals surface area contributed by atoms with Gasteiger partial charge in [0.15, 0.2) is 0 Å². The summed E-state index contributed by atoms with van der Waals surface area (Å²) in [4.78, 5) is 0. The van der Waals surface area contributed by atoms with Gasteiger partial charge in [-0.05, 0) is 26.7 Å². The Morgan fingerprint density at radius 2 is 1.33 bits per heavy atom. The molecule has 0 fully saturated rings. The van der Waals surface area contributed by atoms with Crippen LogP contribution in [0, 0.1) is 0 Å². The van der Waals surface area contributed by atoms with Crippen LogP contribution in [0.1, 0.15) is 71.6 Å². The third-order valence-electron chi connectivity index (χ3n) is 3.39. The van der Waals surface area contributed by atoms with Crippen LogP contribution in [0.3, 0.4) is 0 Å². The number of methoxy groups -OCH3 is 1. The van der Waals surface area contributed by atoms with E-state index in [0.29, 0.717) is 6.42 Å². The molecule has 1 atom stereocenters. The molecule has 0 spiro atoms. The lowest BCUT2D eigenvalue weighted by atomic mass is 9.96. The molecule has 0 bridgehead atoms. The lowest BCUT2D eigenvalue weighted by molar-refractivity contribution is -0.0522. The molecule has 3 heteroatoms. The predicted molar refractivity (Wildman–Crippen MR) is 75.7 cm³/mol. The number of aliphatic hydroxyl groups is 2. The van der Waals surface area contributed by atoms with Gasteiger partial charge in [-0.3, -0.25) is 0 Å². The highest BCUT2D eigenvalue weighted by atomic mass is 16.5. The standard InChI is InChI=1S/C15H32O3/c1-15(2,17)14(16)12-10-8-6-4-5-7-9-11-13-18-3/h14,16-17H,4-13H2,1-3H3. The third-order valence-corrected chi connectivity index (χ3v) is 3.39. The molecule has 18 heavy (non-hydrogen) atoms. The third kappa shape index (κ3) is 11.0. The molecule has 0 aromatic rings. The molecular formula is C15H32O3. The van der Waals surface area contributed by atoms with E-state index in [0.717, 1.165) is 19.4 Å². The quantitative estimate of drug-likeness (QED) is 0.529. The van der Waals surface area contributed by atoms with Gasteiger partial charge in [-0.2, -0.15) is 0 Å². The lowest BCUT2D eigenvalue weighted by Crippen LogP contribution is -2.35. The van der Waals surface area contributed by atoms with E-state index in [2.05, 4.69) is 0 Å². The maximum atomic E-state index is 9.65.